The van der Waals surface area contributed by atoms with Gasteiger partial charge in [0, 0.05) is 28.9 Å². The maximum atomic E-state index is 6.35. The van der Waals surface area contributed by atoms with Crippen LogP contribution in [-0.2, 0) is 0 Å². The lowest BCUT2D eigenvalue weighted by Crippen LogP contribution is -2.35. The Balaban J connectivity index is 0.00000132. The average Bonchev–Trinajstić information content (AvgIpc) is 3.27. The van der Waals surface area contributed by atoms with Gasteiger partial charge in [-0.15, -0.1) is 24.8 Å². The third kappa shape index (κ3) is 4.65. The fourth-order valence-corrected chi connectivity index (χ4v) is 2.80. The van der Waals surface area contributed by atoms with Gasteiger partial charge in [0.25, 0.3) is 0 Å². The molecule has 0 bridgehead atoms. The number of rotatable bonds is 5. The van der Waals surface area contributed by atoms with Gasteiger partial charge in [-0.3, -0.25) is 4.98 Å². The summed E-state index contributed by atoms with van der Waals surface area (Å²) in [6, 6.07) is 7.68. The van der Waals surface area contributed by atoms with Gasteiger partial charge in [0.15, 0.2) is 0 Å². The predicted octanol–water partition coefficient (Wildman–Crippen LogP) is 5.06. The van der Waals surface area contributed by atoms with E-state index in [9.17, 15) is 0 Å². The lowest BCUT2D eigenvalue weighted by Gasteiger charge is -2.18. The van der Waals surface area contributed by atoms with Crippen LogP contribution in [-0.4, -0.2) is 24.1 Å². The molecule has 2 aromatic rings. The maximum Gasteiger partial charge on any atom is 0.0688 e. The van der Waals surface area contributed by atoms with Crippen molar-refractivity contribution in [2.24, 2.45) is 0 Å². The molecule has 3 rings (SSSR count). The summed E-state index contributed by atoms with van der Waals surface area (Å²) in [5.74, 6) is 0. The second kappa shape index (κ2) is 8.41. The summed E-state index contributed by atoms with van der Waals surface area (Å²) < 4.78 is 0. The monoisotopic (exact) mass is 393 g/mol. The van der Waals surface area contributed by atoms with Crippen LogP contribution >= 0.6 is 48.0 Å². The minimum atomic E-state index is 0. The zero-order chi connectivity index (χ0) is 14.9. The zero-order valence-electron chi connectivity index (χ0n) is 12.6. The summed E-state index contributed by atoms with van der Waals surface area (Å²) in [7, 11) is 2.00. The summed E-state index contributed by atoms with van der Waals surface area (Å²) in [4.78, 5) is 4.19. The molecule has 1 heterocycles. The molecule has 1 aromatic carbocycles. The van der Waals surface area contributed by atoms with Gasteiger partial charge in [-0.05, 0) is 37.6 Å². The van der Waals surface area contributed by atoms with Crippen LogP contribution in [0.4, 0.5) is 5.69 Å². The van der Waals surface area contributed by atoms with Crippen LogP contribution in [0, 0.1) is 0 Å². The summed E-state index contributed by atoms with van der Waals surface area (Å²) in [6.07, 6.45) is 5.88. The van der Waals surface area contributed by atoms with Gasteiger partial charge >= 0.3 is 0 Å². The van der Waals surface area contributed by atoms with E-state index in [0.717, 1.165) is 23.4 Å². The molecule has 1 aliphatic carbocycles. The molecule has 0 radical (unpaired) electrons. The molecule has 126 valence electrons. The topological polar surface area (TPSA) is 37.0 Å². The number of aromatic nitrogens is 1. The van der Waals surface area contributed by atoms with Crippen LogP contribution in [0.15, 0.2) is 36.7 Å². The lowest BCUT2D eigenvalue weighted by atomic mass is 10.1. The summed E-state index contributed by atoms with van der Waals surface area (Å²) in [6.45, 7) is 0.867. The van der Waals surface area contributed by atoms with Crippen LogP contribution in [0.25, 0.3) is 11.1 Å². The van der Waals surface area contributed by atoms with E-state index >= 15 is 0 Å². The van der Waals surface area contributed by atoms with Crippen molar-refractivity contribution in [1.29, 1.82) is 0 Å². The SMILES string of the molecule is CNC1(CNc2cncc(Cl)c2-c2ccc(Cl)cc2)CC1.Cl.Cl. The molecule has 1 aromatic heterocycles. The van der Waals surface area contributed by atoms with Crippen LogP contribution in [0.5, 0.6) is 0 Å². The van der Waals surface area contributed by atoms with Crippen LogP contribution < -0.4 is 10.6 Å². The second-order valence-electron chi connectivity index (χ2n) is 5.43. The first-order chi connectivity index (χ1) is 10.1. The molecule has 2 N–H and O–H groups in total. The maximum absolute atomic E-state index is 6.35. The Hall–Kier alpha value is -0.710. The molecule has 1 saturated carbocycles. The van der Waals surface area contributed by atoms with Crippen molar-refractivity contribution in [3.8, 4) is 11.1 Å². The van der Waals surface area contributed by atoms with Gasteiger partial charge in [0.2, 0.25) is 0 Å². The predicted molar refractivity (Wildman–Crippen MR) is 104 cm³/mol. The molecule has 23 heavy (non-hydrogen) atoms. The summed E-state index contributed by atoms with van der Waals surface area (Å²) in [5, 5.41) is 8.20. The number of benzene rings is 1. The van der Waals surface area contributed by atoms with Crippen LogP contribution in [0.3, 0.4) is 0 Å². The summed E-state index contributed by atoms with van der Waals surface area (Å²) >= 11 is 12.3. The molecule has 3 nitrogen and oxygen atoms in total. The van der Waals surface area contributed by atoms with Gasteiger partial charge in [0.1, 0.15) is 0 Å². The number of pyridine rings is 1. The van der Waals surface area contributed by atoms with Crippen molar-refractivity contribution in [3.05, 3.63) is 46.7 Å². The molecule has 7 heteroatoms. The van der Waals surface area contributed by atoms with Crippen LogP contribution in [0.2, 0.25) is 10.0 Å². The molecule has 0 atom stereocenters. The third-order valence-corrected chi connectivity index (χ3v) is 4.57. The van der Waals surface area contributed by atoms with E-state index in [4.69, 9.17) is 23.2 Å². The Morgan fingerprint density at radius 2 is 1.74 bits per heavy atom. The highest BCUT2D eigenvalue weighted by molar-refractivity contribution is 6.34. The molecule has 0 amide bonds. The van der Waals surface area contributed by atoms with Gasteiger partial charge < -0.3 is 10.6 Å². The van der Waals surface area contributed by atoms with Crippen molar-refractivity contribution in [2.45, 2.75) is 18.4 Å². The van der Waals surface area contributed by atoms with Crippen molar-refractivity contribution in [1.82, 2.24) is 10.3 Å². The van der Waals surface area contributed by atoms with E-state index < -0.39 is 0 Å². The van der Waals surface area contributed by atoms with Crippen molar-refractivity contribution < 1.29 is 0 Å². The Labute approximate surface area is 159 Å². The van der Waals surface area contributed by atoms with E-state index in [0.29, 0.717) is 10.0 Å². The van der Waals surface area contributed by atoms with E-state index in [1.807, 2.05) is 37.5 Å². The lowest BCUT2D eigenvalue weighted by molar-refractivity contribution is 0.578. The van der Waals surface area contributed by atoms with Crippen molar-refractivity contribution >= 4 is 53.7 Å². The van der Waals surface area contributed by atoms with E-state index in [1.165, 1.54) is 12.8 Å². The minimum Gasteiger partial charge on any atom is -0.381 e. The third-order valence-electron chi connectivity index (χ3n) is 4.03. The molecule has 0 unspecified atom stereocenters. The highest BCUT2D eigenvalue weighted by Gasteiger charge is 2.40. The fourth-order valence-electron chi connectivity index (χ4n) is 2.41. The van der Waals surface area contributed by atoms with E-state index in [2.05, 4.69) is 15.6 Å². The molecule has 0 aliphatic heterocycles. The van der Waals surface area contributed by atoms with Gasteiger partial charge in [-0.2, -0.15) is 0 Å². The normalized spacial score (nSPS) is 14.4. The number of likely N-dealkylation sites (N-methyl/N-ethyl adjacent to an activating group) is 1. The van der Waals surface area contributed by atoms with Crippen molar-refractivity contribution in [2.75, 3.05) is 18.9 Å². The van der Waals surface area contributed by atoms with E-state index in [-0.39, 0.29) is 30.4 Å². The molecule has 1 fully saturated rings. The average molecular weight is 395 g/mol. The van der Waals surface area contributed by atoms with E-state index in [1.54, 1.807) is 6.20 Å². The number of hydrogen-bond donors (Lipinski definition) is 2. The van der Waals surface area contributed by atoms with Gasteiger partial charge in [-0.1, -0.05) is 35.3 Å². The number of anilines is 1. The quantitative estimate of drug-likeness (QED) is 0.743. The molecular formula is C16H19Cl4N3. The van der Waals surface area contributed by atoms with Gasteiger partial charge in [0.05, 0.1) is 16.9 Å². The fraction of sp³-hybridized carbons (Fsp3) is 0.312. The molecule has 0 spiro atoms. The highest BCUT2D eigenvalue weighted by atomic mass is 35.5. The Morgan fingerprint density at radius 3 is 2.30 bits per heavy atom. The van der Waals surface area contributed by atoms with Gasteiger partial charge in [-0.25, -0.2) is 0 Å². The molecule has 0 saturated heterocycles. The Kier molecular flexibility index (Phi) is 7.43. The number of halogens is 4. The highest BCUT2D eigenvalue weighted by Crippen LogP contribution is 2.38. The standard InChI is InChI=1S/C16H17Cl2N3.2ClH/c1-19-16(6-7-16)10-21-14-9-20-8-13(18)15(14)11-2-4-12(17)5-3-11;;/h2-5,8-9,19,21H,6-7,10H2,1H3;2*1H. The number of nitrogens with one attached hydrogen (secondary N) is 2. The number of nitrogens with zero attached hydrogens (tertiary/aromatic N) is 1. The number of hydrogen-bond acceptors (Lipinski definition) is 3. The largest absolute Gasteiger partial charge is 0.381 e. The Bertz CT molecular complexity index is 642. The first kappa shape index (κ1) is 20.3. The van der Waals surface area contributed by atoms with Crippen molar-refractivity contribution in [3.63, 3.8) is 0 Å². The second-order valence-corrected chi connectivity index (χ2v) is 6.28. The Morgan fingerprint density at radius 1 is 1.09 bits per heavy atom. The smallest absolute Gasteiger partial charge is 0.0688 e. The minimum absolute atomic E-state index is 0. The first-order valence-corrected chi connectivity index (χ1v) is 7.71. The molecule has 1 aliphatic rings. The van der Waals surface area contributed by atoms with Crippen LogP contribution in [0.1, 0.15) is 12.8 Å². The molecular weight excluding hydrogens is 376 g/mol. The zero-order valence-corrected chi connectivity index (χ0v) is 15.7. The first-order valence-electron chi connectivity index (χ1n) is 6.96. The summed E-state index contributed by atoms with van der Waals surface area (Å²) in [5.41, 5.74) is 3.17.